The molecule has 2 aromatic carbocycles. The second-order valence-corrected chi connectivity index (χ2v) is 6.67. The number of hydrogen-bond donors (Lipinski definition) is 1. The van der Waals surface area contributed by atoms with Crippen molar-refractivity contribution in [2.75, 3.05) is 5.32 Å². The van der Waals surface area contributed by atoms with Gasteiger partial charge in [0.25, 0.3) is 0 Å². The molecule has 0 spiro atoms. The molecule has 0 aliphatic carbocycles. The maximum atomic E-state index is 13.8. The molecule has 0 fully saturated rings. The molecule has 0 aliphatic rings. The van der Waals surface area contributed by atoms with Gasteiger partial charge in [-0.05, 0) is 37.6 Å². The number of nitrogens with zero attached hydrogens (tertiary/aromatic N) is 1. The lowest BCUT2D eigenvalue weighted by atomic mass is 10.1. The summed E-state index contributed by atoms with van der Waals surface area (Å²) in [4.78, 5) is 27.9. The topological polar surface area (TPSA) is 59.1 Å². The number of hydrogen-bond acceptors (Lipinski definition) is 4. The first-order valence-corrected chi connectivity index (χ1v) is 9.01. The number of ketones is 1. The molecule has 0 aliphatic heterocycles. The van der Waals surface area contributed by atoms with Gasteiger partial charge in [-0.1, -0.05) is 24.3 Å². The lowest BCUT2D eigenvalue weighted by molar-refractivity contribution is -0.116. The van der Waals surface area contributed by atoms with Crippen LogP contribution in [0.15, 0.2) is 53.9 Å². The van der Waals surface area contributed by atoms with Crippen LogP contribution < -0.4 is 5.32 Å². The van der Waals surface area contributed by atoms with E-state index in [-0.39, 0.29) is 23.9 Å². The van der Waals surface area contributed by atoms with Crippen LogP contribution in [0.3, 0.4) is 0 Å². The Morgan fingerprint density at radius 3 is 2.73 bits per heavy atom. The third kappa shape index (κ3) is 4.40. The molecule has 6 heteroatoms. The molecule has 132 valence electrons. The Bertz CT molecular complexity index is 952. The number of carbonyl (C=O) groups is 2. The van der Waals surface area contributed by atoms with Crippen LogP contribution in [-0.2, 0) is 11.2 Å². The highest BCUT2D eigenvalue weighted by molar-refractivity contribution is 7.13. The number of rotatable bonds is 6. The molecule has 3 aromatic rings. The van der Waals surface area contributed by atoms with Crippen LogP contribution in [0.2, 0.25) is 0 Å². The van der Waals surface area contributed by atoms with Crippen molar-refractivity contribution in [2.24, 2.45) is 0 Å². The van der Waals surface area contributed by atoms with Crippen molar-refractivity contribution < 1.29 is 14.0 Å². The number of anilines is 1. The number of benzene rings is 2. The molecule has 0 saturated carbocycles. The van der Waals surface area contributed by atoms with E-state index >= 15 is 0 Å². The van der Waals surface area contributed by atoms with Gasteiger partial charge in [0.05, 0.1) is 5.69 Å². The summed E-state index contributed by atoms with van der Waals surface area (Å²) in [6.45, 7) is 1.48. The standard InChI is InChI=1S/C20H17FN2O2S/c1-13(24)14-5-4-6-15(11-14)22-19(25)10-9-16-12-26-20(23-16)17-7-2-3-8-18(17)21/h2-8,11-12H,9-10H2,1H3,(H,22,25). The van der Waals surface area contributed by atoms with Crippen molar-refractivity contribution in [1.29, 1.82) is 0 Å². The molecule has 4 nitrogen and oxygen atoms in total. The molecule has 0 radical (unpaired) electrons. The van der Waals surface area contributed by atoms with E-state index in [2.05, 4.69) is 10.3 Å². The number of thiazole rings is 1. The Morgan fingerprint density at radius 2 is 1.96 bits per heavy atom. The SMILES string of the molecule is CC(=O)c1cccc(NC(=O)CCc2csc(-c3ccccc3F)n2)c1. The highest BCUT2D eigenvalue weighted by Gasteiger charge is 2.11. The van der Waals surface area contributed by atoms with Crippen LogP contribution >= 0.6 is 11.3 Å². The summed E-state index contributed by atoms with van der Waals surface area (Å²) in [6, 6.07) is 13.3. The predicted octanol–water partition coefficient (Wildman–Crippen LogP) is 4.72. The largest absolute Gasteiger partial charge is 0.326 e. The van der Waals surface area contributed by atoms with Crippen LogP contribution in [0, 0.1) is 5.82 Å². The van der Waals surface area contributed by atoms with E-state index in [1.54, 1.807) is 42.5 Å². The highest BCUT2D eigenvalue weighted by Crippen LogP contribution is 2.26. The summed E-state index contributed by atoms with van der Waals surface area (Å²) in [7, 11) is 0. The van der Waals surface area contributed by atoms with E-state index in [1.165, 1.54) is 24.3 Å². The Balaban J connectivity index is 1.59. The van der Waals surface area contributed by atoms with Crippen LogP contribution in [0.1, 0.15) is 29.4 Å². The van der Waals surface area contributed by atoms with Crippen LogP contribution in [0.5, 0.6) is 0 Å². The summed E-state index contributed by atoms with van der Waals surface area (Å²) < 4.78 is 13.8. The lowest BCUT2D eigenvalue weighted by Gasteiger charge is -2.05. The number of Topliss-reactive ketones (excluding diaryl/α,β-unsaturated/α-hetero) is 1. The van der Waals surface area contributed by atoms with Gasteiger partial charge in [0, 0.05) is 28.6 Å². The zero-order valence-electron chi connectivity index (χ0n) is 14.2. The number of aromatic nitrogens is 1. The van der Waals surface area contributed by atoms with Crippen LogP contribution in [0.25, 0.3) is 10.6 Å². The molecule has 0 saturated heterocycles. The zero-order valence-corrected chi connectivity index (χ0v) is 15.0. The molecule has 1 heterocycles. The summed E-state index contributed by atoms with van der Waals surface area (Å²) in [5, 5.41) is 5.22. The van der Waals surface area contributed by atoms with Gasteiger partial charge in [-0.2, -0.15) is 0 Å². The molecule has 1 amide bonds. The van der Waals surface area contributed by atoms with Crippen molar-refractivity contribution in [3.05, 3.63) is 71.0 Å². The van der Waals surface area contributed by atoms with Gasteiger partial charge in [-0.25, -0.2) is 9.37 Å². The number of carbonyl (C=O) groups excluding carboxylic acids is 2. The van der Waals surface area contributed by atoms with Gasteiger partial charge >= 0.3 is 0 Å². The Labute approximate surface area is 154 Å². The minimum atomic E-state index is -0.309. The Hall–Kier alpha value is -2.86. The first-order valence-electron chi connectivity index (χ1n) is 8.13. The molecule has 1 aromatic heterocycles. The normalized spacial score (nSPS) is 10.5. The smallest absolute Gasteiger partial charge is 0.224 e. The molecule has 0 bridgehead atoms. The average molecular weight is 368 g/mol. The molecule has 0 atom stereocenters. The number of aryl methyl sites for hydroxylation is 1. The van der Waals surface area contributed by atoms with E-state index in [4.69, 9.17) is 0 Å². The second-order valence-electron chi connectivity index (χ2n) is 5.81. The van der Waals surface area contributed by atoms with Gasteiger partial charge in [0.2, 0.25) is 5.91 Å². The number of halogens is 1. The summed E-state index contributed by atoms with van der Waals surface area (Å²) in [6.07, 6.45) is 0.716. The first-order chi connectivity index (χ1) is 12.5. The third-order valence-electron chi connectivity index (χ3n) is 3.82. The van der Waals surface area contributed by atoms with E-state index in [1.807, 2.05) is 5.38 Å². The van der Waals surface area contributed by atoms with Crippen molar-refractivity contribution in [3.8, 4) is 10.6 Å². The van der Waals surface area contributed by atoms with Crippen molar-refractivity contribution in [2.45, 2.75) is 19.8 Å². The van der Waals surface area contributed by atoms with Gasteiger partial charge in [0.1, 0.15) is 10.8 Å². The quantitative estimate of drug-likeness (QED) is 0.640. The van der Waals surface area contributed by atoms with E-state index < -0.39 is 0 Å². The zero-order chi connectivity index (χ0) is 18.5. The summed E-state index contributed by atoms with van der Waals surface area (Å²) >= 11 is 1.36. The second kappa shape index (κ2) is 8.01. The van der Waals surface area contributed by atoms with Gasteiger partial charge in [-0.3, -0.25) is 9.59 Å². The van der Waals surface area contributed by atoms with Crippen molar-refractivity contribution in [3.63, 3.8) is 0 Å². The third-order valence-corrected chi connectivity index (χ3v) is 4.74. The fourth-order valence-corrected chi connectivity index (χ4v) is 3.34. The predicted molar refractivity (Wildman–Crippen MR) is 101 cm³/mol. The van der Waals surface area contributed by atoms with E-state index in [0.717, 1.165) is 5.69 Å². The van der Waals surface area contributed by atoms with E-state index in [0.29, 0.717) is 28.2 Å². The first kappa shape index (κ1) is 17.9. The van der Waals surface area contributed by atoms with E-state index in [9.17, 15) is 14.0 Å². The van der Waals surface area contributed by atoms with Crippen LogP contribution in [0.4, 0.5) is 10.1 Å². The van der Waals surface area contributed by atoms with Crippen LogP contribution in [-0.4, -0.2) is 16.7 Å². The monoisotopic (exact) mass is 368 g/mol. The highest BCUT2D eigenvalue weighted by atomic mass is 32.1. The minimum Gasteiger partial charge on any atom is -0.326 e. The fraction of sp³-hybridized carbons (Fsp3) is 0.150. The van der Waals surface area contributed by atoms with Gasteiger partial charge < -0.3 is 5.32 Å². The maximum absolute atomic E-state index is 13.8. The van der Waals surface area contributed by atoms with Crippen molar-refractivity contribution >= 4 is 28.7 Å². The van der Waals surface area contributed by atoms with Crippen molar-refractivity contribution in [1.82, 2.24) is 4.98 Å². The Kier molecular flexibility index (Phi) is 5.53. The maximum Gasteiger partial charge on any atom is 0.224 e. The summed E-state index contributed by atoms with van der Waals surface area (Å²) in [5.41, 5.74) is 2.36. The minimum absolute atomic E-state index is 0.0516. The molecule has 26 heavy (non-hydrogen) atoms. The number of amides is 1. The molecule has 3 rings (SSSR count). The fourth-order valence-electron chi connectivity index (χ4n) is 2.46. The Morgan fingerprint density at radius 1 is 1.15 bits per heavy atom. The molecule has 1 N–H and O–H groups in total. The molecular weight excluding hydrogens is 351 g/mol. The molecular formula is C20H17FN2O2S. The van der Waals surface area contributed by atoms with Gasteiger partial charge in [0.15, 0.2) is 5.78 Å². The lowest BCUT2D eigenvalue weighted by Crippen LogP contribution is -2.12. The number of nitrogens with one attached hydrogen (secondary N) is 1. The summed E-state index contributed by atoms with van der Waals surface area (Å²) in [5.74, 6) is -0.521. The molecule has 0 unspecified atom stereocenters. The average Bonchev–Trinajstić information content (AvgIpc) is 3.09. The van der Waals surface area contributed by atoms with Gasteiger partial charge in [-0.15, -0.1) is 11.3 Å².